The van der Waals surface area contributed by atoms with Crippen molar-refractivity contribution >= 4 is 0 Å². The van der Waals surface area contributed by atoms with Gasteiger partial charge in [-0.1, -0.05) is 32.6 Å². The molecular formula is C12H24N4. The third-order valence-electron chi connectivity index (χ3n) is 2.87. The summed E-state index contributed by atoms with van der Waals surface area (Å²) in [7, 11) is 1.94. The van der Waals surface area contributed by atoms with Crippen molar-refractivity contribution in [2.45, 2.75) is 51.5 Å². The fourth-order valence-corrected chi connectivity index (χ4v) is 1.89. The van der Waals surface area contributed by atoms with E-state index in [0.717, 1.165) is 18.5 Å². The second-order valence-electron chi connectivity index (χ2n) is 4.40. The molecule has 0 aliphatic rings. The second-order valence-corrected chi connectivity index (χ2v) is 4.40. The van der Waals surface area contributed by atoms with Gasteiger partial charge < -0.3 is 0 Å². The zero-order chi connectivity index (χ0) is 11.8. The van der Waals surface area contributed by atoms with Crippen LogP contribution in [0.15, 0.2) is 12.3 Å². The number of nitrogens with one attached hydrogen (secondary N) is 1. The highest BCUT2D eigenvalue weighted by Crippen LogP contribution is 2.09. The average Bonchev–Trinajstić information content (AvgIpc) is 2.68. The van der Waals surface area contributed by atoms with Gasteiger partial charge in [0.25, 0.3) is 0 Å². The Labute approximate surface area is 98.2 Å². The van der Waals surface area contributed by atoms with Gasteiger partial charge in [-0.05, 0) is 12.5 Å². The monoisotopic (exact) mass is 224 g/mol. The number of aryl methyl sites for hydroxylation is 1. The highest BCUT2D eigenvalue weighted by molar-refractivity contribution is 5.00. The second kappa shape index (κ2) is 7.41. The minimum absolute atomic E-state index is 0.353. The molecule has 0 saturated heterocycles. The summed E-state index contributed by atoms with van der Waals surface area (Å²) in [6.07, 6.45) is 9.17. The Morgan fingerprint density at radius 1 is 1.44 bits per heavy atom. The molecule has 1 aromatic rings. The first-order valence-corrected chi connectivity index (χ1v) is 6.21. The molecule has 1 heterocycles. The van der Waals surface area contributed by atoms with Crippen molar-refractivity contribution in [2.75, 3.05) is 0 Å². The van der Waals surface area contributed by atoms with E-state index in [1.807, 2.05) is 17.9 Å². The number of hydrazine groups is 1. The van der Waals surface area contributed by atoms with Crippen molar-refractivity contribution in [1.29, 1.82) is 0 Å². The van der Waals surface area contributed by atoms with Gasteiger partial charge in [-0.2, -0.15) is 5.10 Å². The molecule has 0 saturated carbocycles. The Hall–Kier alpha value is -0.870. The number of unbranched alkanes of at least 4 members (excludes halogenated alkanes) is 3. The third kappa shape index (κ3) is 4.77. The van der Waals surface area contributed by atoms with Crippen LogP contribution in [-0.4, -0.2) is 15.8 Å². The van der Waals surface area contributed by atoms with Gasteiger partial charge in [0.05, 0.1) is 5.69 Å². The lowest BCUT2D eigenvalue weighted by Gasteiger charge is -2.14. The van der Waals surface area contributed by atoms with Crippen molar-refractivity contribution in [3.8, 4) is 0 Å². The minimum atomic E-state index is 0.353. The van der Waals surface area contributed by atoms with E-state index in [1.165, 1.54) is 25.7 Å². The van der Waals surface area contributed by atoms with E-state index in [4.69, 9.17) is 5.84 Å². The first-order valence-electron chi connectivity index (χ1n) is 6.21. The topological polar surface area (TPSA) is 55.9 Å². The van der Waals surface area contributed by atoms with E-state index < -0.39 is 0 Å². The Morgan fingerprint density at radius 3 is 2.81 bits per heavy atom. The molecule has 0 aliphatic carbocycles. The Bertz CT molecular complexity index is 282. The van der Waals surface area contributed by atoms with Crippen molar-refractivity contribution in [3.05, 3.63) is 18.0 Å². The molecule has 0 aliphatic heterocycles. The Morgan fingerprint density at radius 2 is 2.25 bits per heavy atom. The van der Waals surface area contributed by atoms with Gasteiger partial charge in [0.1, 0.15) is 0 Å². The number of hydrogen-bond acceptors (Lipinski definition) is 3. The largest absolute Gasteiger partial charge is 0.276 e. The summed E-state index contributed by atoms with van der Waals surface area (Å²) in [4.78, 5) is 0. The van der Waals surface area contributed by atoms with Crippen molar-refractivity contribution in [1.82, 2.24) is 15.2 Å². The standard InChI is InChI=1S/C12H24N4/c1-3-4-5-6-7-11(14-13)10-12-8-9-16(2)15-12/h8-9,11,14H,3-7,10,13H2,1-2H3. The van der Waals surface area contributed by atoms with Crippen LogP contribution in [0.25, 0.3) is 0 Å². The van der Waals surface area contributed by atoms with Crippen LogP contribution < -0.4 is 11.3 Å². The van der Waals surface area contributed by atoms with Crippen LogP contribution in [0.4, 0.5) is 0 Å². The summed E-state index contributed by atoms with van der Waals surface area (Å²) in [5.41, 5.74) is 4.00. The van der Waals surface area contributed by atoms with E-state index in [0.29, 0.717) is 6.04 Å². The lowest BCUT2D eigenvalue weighted by atomic mass is 10.0. The molecule has 1 rings (SSSR count). The molecule has 16 heavy (non-hydrogen) atoms. The highest BCUT2D eigenvalue weighted by Gasteiger charge is 2.08. The SMILES string of the molecule is CCCCCCC(Cc1ccn(C)n1)NN. The first-order chi connectivity index (χ1) is 7.76. The van der Waals surface area contributed by atoms with E-state index in [1.54, 1.807) is 0 Å². The Balaban J connectivity index is 2.26. The van der Waals surface area contributed by atoms with Gasteiger partial charge in [-0.25, -0.2) is 0 Å². The number of hydrogen-bond donors (Lipinski definition) is 2. The molecule has 1 aromatic heterocycles. The van der Waals surface area contributed by atoms with Crippen LogP contribution in [0.1, 0.15) is 44.7 Å². The maximum absolute atomic E-state index is 5.56. The predicted octanol–water partition coefficient (Wildman–Crippen LogP) is 1.76. The lowest BCUT2D eigenvalue weighted by Crippen LogP contribution is -2.36. The summed E-state index contributed by atoms with van der Waals surface area (Å²) in [5.74, 6) is 5.56. The van der Waals surface area contributed by atoms with E-state index in [2.05, 4.69) is 23.5 Å². The van der Waals surface area contributed by atoms with Gasteiger partial charge in [0.15, 0.2) is 0 Å². The van der Waals surface area contributed by atoms with Crippen LogP contribution in [0.3, 0.4) is 0 Å². The summed E-state index contributed by atoms with van der Waals surface area (Å²) in [6.45, 7) is 2.23. The van der Waals surface area contributed by atoms with Gasteiger partial charge in [-0.15, -0.1) is 0 Å². The molecule has 4 heteroatoms. The number of rotatable bonds is 8. The molecule has 0 bridgehead atoms. The molecule has 0 spiro atoms. The van der Waals surface area contributed by atoms with E-state index in [-0.39, 0.29) is 0 Å². The zero-order valence-electron chi connectivity index (χ0n) is 10.4. The van der Waals surface area contributed by atoms with Crippen molar-refractivity contribution in [3.63, 3.8) is 0 Å². The smallest absolute Gasteiger partial charge is 0.0640 e. The Kier molecular flexibility index (Phi) is 6.11. The average molecular weight is 224 g/mol. The highest BCUT2D eigenvalue weighted by atomic mass is 15.3. The van der Waals surface area contributed by atoms with Crippen LogP contribution in [0, 0.1) is 0 Å². The zero-order valence-corrected chi connectivity index (χ0v) is 10.4. The normalized spacial score (nSPS) is 12.9. The fraction of sp³-hybridized carbons (Fsp3) is 0.750. The summed E-state index contributed by atoms with van der Waals surface area (Å²) < 4.78 is 1.83. The third-order valence-corrected chi connectivity index (χ3v) is 2.87. The van der Waals surface area contributed by atoms with Gasteiger partial charge in [0, 0.05) is 25.7 Å². The molecule has 0 fully saturated rings. The summed E-state index contributed by atoms with van der Waals surface area (Å²) in [5, 5.41) is 4.36. The van der Waals surface area contributed by atoms with Crippen LogP contribution >= 0.6 is 0 Å². The van der Waals surface area contributed by atoms with Crippen LogP contribution in [0.5, 0.6) is 0 Å². The van der Waals surface area contributed by atoms with E-state index in [9.17, 15) is 0 Å². The fourth-order valence-electron chi connectivity index (χ4n) is 1.89. The van der Waals surface area contributed by atoms with Gasteiger partial charge in [-0.3, -0.25) is 16.0 Å². The maximum Gasteiger partial charge on any atom is 0.0640 e. The molecule has 4 nitrogen and oxygen atoms in total. The molecule has 0 aromatic carbocycles. The number of nitrogens with zero attached hydrogens (tertiary/aromatic N) is 2. The maximum atomic E-state index is 5.56. The molecule has 3 N–H and O–H groups in total. The van der Waals surface area contributed by atoms with Gasteiger partial charge in [0.2, 0.25) is 0 Å². The summed E-state index contributed by atoms with van der Waals surface area (Å²) >= 11 is 0. The van der Waals surface area contributed by atoms with E-state index >= 15 is 0 Å². The van der Waals surface area contributed by atoms with Crippen molar-refractivity contribution < 1.29 is 0 Å². The lowest BCUT2D eigenvalue weighted by molar-refractivity contribution is 0.458. The van der Waals surface area contributed by atoms with Gasteiger partial charge >= 0.3 is 0 Å². The molecule has 92 valence electrons. The molecule has 0 radical (unpaired) electrons. The minimum Gasteiger partial charge on any atom is -0.276 e. The van der Waals surface area contributed by atoms with Crippen molar-refractivity contribution in [2.24, 2.45) is 12.9 Å². The molecule has 0 amide bonds. The number of nitrogens with two attached hydrogens (primary N) is 1. The summed E-state index contributed by atoms with van der Waals surface area (Å²) in [6, 6.07) is 2.41. The molecule has 1 atom stereocenters. The van der Waals surface area contributed by atoms with Crippen LogP contribution in [0.2, 0.25) is 0 Å². The predicted molar refractivity (Wildman–Crippen MR) is 66.8 cm³/mol. The number of aromatic nitrogens is 2. The van der Waals surface area contributed by atoms with Crippen LogP contribution in [-0.2, 0) is 13.5 Å². The quantitative estimate of drug-likeness (QED) is 0.402. The molecule has 1 unspecified atom stereocenters. The molecular weight excluding hydrogens is 200 g/mol. The first kappa shape index (κ1) is 13.2.